The third kappa shape index (κ3) is 10.6. The number of rotatable bonds is 16. The van der Waals surface area contributed by atoms with Crippen LogP contribution in [0, 0.1) is 0 Å². The average Bonchev–Trinajstić information content (AvgIpc) is 3.06. The van der Waals surface area contributed by atoms with E-state index in [0.717, 1.165) is 68.2 Å². The number of halogens is 6. The number of carbonyl (C=O) groups excluding carboxylic acids is 3. The van der Waals surface area contributed by atoms with Crippen molar-refractivity contribution < 1.29 is 59.7 Å². The van der Waals surface area contributed by atoms with Crippen LogP contribution in [0.3, 0.4) is 0 Å². The summed E-state index contributed by atoms with van der Waals surface area (Å²) in [5.41, 5.74) is -6.18. The van der Waals surface area contributed by atoms with Gasteiger partial charge in [-0.25, -0.2) is 14.4 Å². The van der Waals surface area contributed by atoms with E-state index in [1.54, 1.807) is 24.3 Å². The molecular formula is C37H34F6O7. The Morgan fingerprint density at radius 1 is 0.620 bits per heavy atom. The van der Waals surface area contributed by atoms with Gasteiger partial charge in [0.25, 0.3) is 0 Å². The molecule has 266 valence electrons. The zero-order chi connectivity index (χ0) is 36.8. The van der Waals surface area contributed by atoms with Crippen LogP contribution in [0.15, 0.2) is 104 Å². The highest BCUT2D eigenvalue weighted by Crippen LogP contribution is 2.56. The molecule has 3 rings (SSSR count). The van der Waals surface area contributed by atoms with Gasteiger partial charge in [0.2, 0.25) is 5.41 Å². The van der Waals surface area contributed by atoms with Gasteiger partial charge in [-0.1, -0.05) is 49.1 Å². The van der Waals surface area contributed by atoms with E-state index in [-0.39, 0.29) is 11.5 Å². The lowest BCUT2D eigenvalue weighted by Crippen LogP contribution is -2.54. The molecule has 0 aliphatic carbocycles. The first-order chi connectivity index (χ1) is 23.7. The van der Waals surface area contributed by atoms with Crippen molar-refractivity contribution in [3.8, 4) is 17.2 Å². The fourth-order valence-corrected chi connectivity index (χ4v) is 4.78. The van der Waals surface area contributed by atoms with Gasteiger partial charge in [0.1, 0.15) is 17.2 Å². The standard InChI is InChI=1S/C37H34F6O7/c1-3-9-33(45)49-30-19-13-27(14-20-30)35(36(38,39)40,37(41,42)43)28-15-21-31(22-16-28)50-34(46)23-12-26-10-17-29(18-11-26)47-24-7-5-6-8-25-48-32(44)4-2/h3-4,9-23H,2,5-8,24-25H2,1H3. The maximum Gasteiger partial charge on any atom is 0.411 e. The number of allylic oxidation sites excluding steroid dienone is 1. The molecule has 13 heteroatoms. The molecule has 50 heavy (non-hydrogen) atoms. The Kier molecular flexibility index (Phi) is 14.0. The summed E-state index contributed by atoms with van der Waals surface area (Å²) in [5, 5.41) is 0. The summed E-state index contributed by atoms with van der Waals surface area (Å²) in [5.74, 6) is -2.16. The molecule has 0 heterocycles. The minimum atomic E-state index is -5.85. The number of hydrogen-bond acceptors (Lipinski definition) is 7. The second-order valence-corrected chi connectivity index (χ2v) is 10.7. The summed E-state index contributed by atoms with van der Waals surface area (Å²) in [6, 6.07) is 12.4. The molecule has 0 saturated heterocycles. The van der Waals surface area contributed by atoms with Gasteiger partial charge < -0.3 is 18.9 Å². The zero-order valence-electron chi connectivity index (χ0n) is 26.9. The molecule has 0 fully saturated rings. The third-order valence-electron chi connectivity index (χ3n) is 7.18. The van der Waals surface area contributed by atoms with Crippen molar-refractivity contribution in [3.05, 3.63) is 120 Å². The largest absolute Gasteiger partial charge is 0.494 e. The molecule has 0 saturated carbocycles. The number of hydrogen-bond donors (Lipinski definition) is 0. The molecule has 0 radical (unpaired) electrons. The van der Waals surface area contributed by atoms with Crippen LogP contribution in [-0.2, 0) is 24.5 Å². The van der Waals surface area contributed by atoms with Crippen LogP contribution in [0.5, 0.6) is 17.2 Å². The number of benzene rings is 3. The topological polar surface area (TPSA) is 88.1 Å². The Bertz CT molecular complexity index is 1630. The summed E-state index contributed by atoms with van der Waals surface area (Å²) in [6.45, 7) is 5.66. The van der Waals surface area contributed by atoms with Gasteiger partial charge in [-0.05, 0) is 91.8 Å². The minimum Gasteiger partial charge on any atom is -0.494 e. The normalized spacial score (nSPS) is 12.1. The van der Waals surface area contributed by atoms with Crippen LogP contribution in [0.25, 0.3) is 6.08 Å². The van der Waals surface area contributed by atoms with Crippen molar-refractivity contribution >= 4 is 24.0 Å². The Morgan fingerprint density at radius 3 is 1.54 bits per heavy atom. The number of esters is 3. The third-order valence-corrected chi connectivity index (χ3v) is 7.18. The van der Waals surface area contributed by atoms with E-state index in [4.69, 9.17) is 18.9 Å². The van der Waals surface area contributed by atoms with Gasteiger partial charge in [-0.2, -0.15) is 26.3 Å². The molecule has 3 aromatic carbocycles. The second kappa shape index (κ2) is 17.9. The van der Waals surface area contributed by atoms with Crippen molar-refractivity contribution in [2.24, 2.45) is 0 Å². The van der Waals surface area contributed by atoms with E-state index in [9.17, 15) is 40.7 Å². The van der Waals surface area contributed by atoms with Crippen LogP contribution < -0.4 is 14.2 Å². The molecule has 0 amide bonds. The number of ether oxygens (including phenoxy) is 4. The molecule has 0 N–H and O–H groups in total. The number of alkyl halides is 6. The molecular weight excluding hydrogens is 670 g/mol. The highest BCUT2D eigenvalue weighted by molar-refractivity contribution is 5.88. The molecule has 0 aromatic heterocycles. The fraction of sp³-hybridized carbons (Fsp3) is 0.270. The minimum absolute atomic E-state index is 0.250. The Morgan fingerprint density at radius 2 is 1.08 bits per heavy atom. The molecule has 0 aliphatic heterocycles. The van der Waals surface area contributed by atoms with Crippen molar-refractivity contribution in [2.45, 2.75) is 50.4 Å². The smallest absolute Gasteiger partial charge is 0.411 e. The van der Waals surface area contributed by atoms with Gasteiger partial charge in [0.15, 0.2) is 0 Å². The summed E-state index contributed by atoms with van der Waals surface area (Å²) in [4.78, 5) is 35.0. The fourth-order valence-electron chi connectivity index (χ4n) is 4.78. The monoisotopic (exact) mass is 704 g/mol. The van der Waals surface area contributed by atoms with Crippen molar-refractivity contribution in [3.63, 3.8) is 0 Å². The van der Waals surface area contributed by atoms with Crippen LogP contribution in [0.1, 0.15) is 49.3 Å². The van der Waals surface area contributed by atoms with E-state index in [0.29, 0.717) is 48.8 Å². The van der Waals surface area contributed by atoms with E-state index < -0.39 is 46.8 Å². The Labute approximate surface area is 284 Å². The molecule has 3 aromatic rings. The van der Waals surface area contributed by atoms with Crippen LogP contribution in [0.2, 0.25) is 0 Å². The quantitative estimate of drug-likeness (QED) is 0.0484. The highest BCUT2D eigenvalue weighted by Gasteiger charge is 2.72. The van der Waals surface area contributed by atoms with E-state index >= 15 is 0 Å². The summed E-state index contributed by atoms with van der Waals surface area (Å²) in [6.07, 6.45) is -2.45. The van der Waals surface area contributed by atoms with E-state index in [2.05, 4.69) is 6.58 Å². The highest BCUT2D eigenvalue weighted by atomic mass is 19.4. The van der Waals surface area contributed by atoms with Gasteiger partial charge >= 0.3 is 30.3 Å². The first-order valence-corrected chi connectivity index (χ1v) is 15.3. The van der Waals surface area contributed by atoms with Crippen LogP contribution in [-0.4, -0.2) is 43.5 Å². The van der Waals surface area contributed by atoms with Crippen molar-refractivity contribution in [1.82, 2.24) is 0 Å². The van der Waals surface area contributed by atoms with Crippen LogP contribution >= 0.6 is 0 Å². The summed E-state index contributed by atoms with van der Waals surface area (Å²) >= 11 is 0. The number of unbranched alkanes of at least 4 members (excludes halogenated alkanes) is 3. The zero-order valence-corrected chi connectivity index (χ0v) is 26.9. The Balaban J connectivity index is 1.62. The average molecular weight is 705 g/mol. The molecule has 0 unspecified atom stereocenters. The van der Waals surface area contributed by atoms with Gasteiger partial charge in [0, 0.05) is 18.2 Å². The molecule has 0 atom stereocenters. The lowest BCUT2D eigenvalue weighted by atomic mass is 9.73. The first-order valence-electron chi connectivity index (χ1n) is 15.3. The van der Waals surface area contributed by atoms with Crippen molar-refractivity contribution in [1.29, 1.82) is 0 Å². The second-order valence-electron chi connectivity index (χ2n) is 10.7. The lowest BCUT2D eigenvalue weighted by molar-refractivity contribution is -0.288. The molecule has 0 aliphatic rings. The number of carbonyl (C=O) groups is 3. The predicted octanol–water partition coefficient (Wildman–Crippen LogP) is 8.87. The first kappa shape index (κ1) is 39.1. The van der Waals surface area contributed by atoms with Crippen LogP contribution in [0.4, 0.5) is 26.3 Å². The SMILES string of the molecule is C=CC(=O)OCCCCCCOc1ccc(C=CC(=O)Oc2ccc(C(c3ccc(OC(=O)C=CC)cc3)(C(F)(F)F)C(F)(F)F)cc2)cc1. The molecule has 0 bridgehead atoms. The maximum atomic E-state index is 14.5. The van der Waals surface area contributed by atoms with Gasteiger partial charge in [0.05, 0.1) is 13.2 Å². The Hall–Kier alpha value is -5.33. The molecule has 0 spiro atoms. The lowest BCUT2D eigenvalue weighted by Gasteiger charge is -2.38. The predicted molar refractivity (Wildman–Crippen MR) is 172 cm³/mol. The van der Waals surface area contributed by atoms with E-state index in [1.165, 1.54) is 19.1 Å². The van der Waals surface area contributed by atoms with Gasteiger partial charge in [-0.3, -0.25) is 0 Å². The maximum absolute atomic E-state index is 14.5. The molecule has 7 nitrogen and oxygen atoms in total. The van der Waals surface area contributed by atoms with Crippen molar-refractivity contribution in [2.75, 3.05) is 13.2 Å². The summed E-state index contributed by atoms with van der Waals surface area (Å²) in [7, 11) is 0. The van der Waals surface area contributed by atoms with Gasteiger partial charge in [-0.15, -0.1) is 0 Å². The summed E-state index contributed by atoms with van der Waals surface area (Å²) < 4.78 is 107. The van der Waals surface area contributed by atoms with E-state index in [1.807, 2.05) is 0 Å².